The Labute approximate surface area is 365 Å². The van der Waals surface area contributed by atoms with Crippen molar-refractivity contribution in [2.24, 2.45) is 5.92 Å². The molecule has 4 aromatic rings. The topological polar surface area (TPSA) is 0 Å². The van der Waals surface area contributed by atoms with Gasteiger partial charge in [-0.2, -0.15) is 0 Å². The second-order valence-corrected chi connectivity index (χ2v) is 26.6. The molecular formula is C54H62Cl2Zr. The molecule has 0 N–H and O–H groups in total. The first-order chi connectivity index (χ1) is 25.6. The van der Waals surface area contributed by atoms with E-state index in [-0.39, 0.29) is 46.5 Å². The van der Waals surface area contributed by atoms with Crippen LogP contribution in [0.3, 0.4) is 0 Å². The Morgan fingerprint density at radius 3 is 1.26 bits per heavy atom. The molecule has 1 atom stereocenters. The molecule has 8 rings (SSSR count). The van der Waals surface area contributed by atoms with E-state index in [1.165, 1.54) is 72.4 Å². The Morgan fingerprint density at radius 1 is 0.544 bits per heavy atom. The second kappa shape index (κ2) is 14.7. The molecule has 4 aliphatic carbocycles. The standard InChI is InChI=1S/C25H25.C21H26.C8H11.2ClH.Zr/c1-14-12-24(3,4)22-8-16-7-17-9-23-19(15(2)13-25(23,5)6)11-21(17)20(16)10-18(14)22;1-20(2,3)18-11-7-16(8-12-18)15-17-9-13-19(14-10-17)21(4,5)6;1-6-4-7(2)8(3)5-6;;;/h7-13H,1-6H3;7-14H,1-6H3;4,6H,1-3H3;2*1H;/q;;;;;+2/p-2. The number of hydrogen-bond donors (Lipinski definition) is 0. The zero-order valence-corrected chi connectivity index (χ0v) is 41.0. The van der Waals surface area contributed by atoms with Crippen LogP contribution in [0.15, 0.2) is 105 Å². The first kappa shape index (κ1) is 43.7. The van der Waals surface area contributed by atoms with Crippen LogP contribution < -0.4 is 24.8 Å². The van der Waals surface area contributed by atoms with Crippen molar-refractivity contribution in [2.75, 3.05) is 0 Å². The van der Waals surface area contributed by atoms with Crippen LogP contribution in [0, 0.1) is 5.92 Å². The summed E-state index contributed by atoms with van der Waals surface area (Å²) >= 11 is -3.04. The first-order valence-corrected chi connectivity index (χ1v) is 24.6. The molecule has 0 nitrogen and oxygen atoms in total. The zero-order chi connectivity index (χ0) is 39.7. The van der Waals surface area contributed by atoms with Crippen molar-refractivity contribution in [3.8, 4) is 11.1 Å². The Kier molecular flexibility index (Phi) is 11.3. The maximum Gasteiger partial charge on any atom is -1.00 e. The predicted octanol–water partition coefficient (Wildman–Crippen LogP) is 8.51. The normalized spacial score (nSPS) is 18.6. The Balaban J connectivity index is 0.00000275. The summed E-state index contributed by atoms with van der Waals surface area (Å²) in [7, 11) is 0. The average Bonchev–Trinajstić information content (AvgIpc) is 3.71. The summed E-state index contributed by atoms with van der Waals surface area (Å²) in [5.74, 6) is 0.421. The van der Waals surface area contributed by atoms with Crippen LogP contribution in [0.25, 0.3) is 22.3 Å². The molecule has 0 fully saturated rings. The minimum absolute atomic E-state index is 0. The fraction of sp³-hybridized carbons (Fsp3) is 0.389. The van der Waals surface area contributed by atoms with Gasteiger partial charge in [-0.15, -0.1) is 0 Å². The van der Waals surface area contributed by atoms with E-state index in [0.29, 0.717) is 9.54 Å². The molecular weight excluding hydrogens is 811 g/mol. The summed E-state index contributed by atoms with van der Waals surface area (Å²) in [6.45, 7) is 35.6. The van der Waals surface area contributed by atoms with Crippen molar-refractivity contribution in [2.45, 2.75) is 129 Å². The fourth-order valence-electron chi connectivity index (χ4n) is 10.5. The monoisotopic (exact) mass is 870 g/mol. The van der Waals surface area contributed by atoms with E-state index >= 15 is 0 Å². The van der Waals surface area contributed by atoms with Gasteiger partial charge in [-0.25, -0.2) is 0 Å². The number of rotatable bonds is 4. The summed E-state index contributed by atoms with van der Waals surface area (Å²) in [5.41, 5.74) is 23.6. The molecule has 0 amide bonds. The van der Waals surface area contributed by atoms with Crippen LogP contribution in [0.5, 0.6) is 0 Å². The SMILES string of the molecule is CC1=CC(C)[C]([Zr+2](=[C](c2ccc(C(C)(C)C)cc2)c2ccc(C(C)(C)C)cc2)[CH]2c3cc4c(cc3-c3cc5c(cc32)C(C)(C)C=C5C)C(C)=CC4(C)C)=C1C.[Cl-].[Cl-]. The molecule has 57 heavy (non-hydrogen) atoms. The van der Waals surface area contributed by atoms with Crippen molar-refractivity contribution < 1.29 is 46.1 Å². The molecule has 0 heterocycles. The van der Waals surface area contributed by atoms with Gasteiger partial charge in [0.2, 0.25) is 0 Å². The van der Waals surface area contributed by atoms with Gasteiger partial charge < -0.3 is 24.8 Å². The molecule has 1 unspecified atom stereocenters. The van der Waals surface area contributed by atoms with Gasteiger partial charge in [-0.3, -0.25) is 0 Å². The molecule has 0 aromatic heterocycles. The zero-order valence-electron chi connectivity index (χ0n) is 37.1. The van der Waals surface area contributed by atoms with Crippen LogP contribution in [-0.2, 0) is 42.9 Å². The Morgan fingerprint density at radius 2 is 0.930 bits per heavy atom. The third-order valence-electron chi connectivity index (χ3n) is 13.6. The second-order valence-electron chi connectivity index (χ2n) is 20.6. The summed E-state index contributed by atoms with van der Waals surface area (Å²) in [6.07, 6.45) is 7.58. The molecule has 0 saturated heterocycles. The van der Waals surface area contributed by atoms with Crippen molar-refractivity contribution in [1.29, 1.82) is 0 Å². The number of fused-ring (bicyclic) bond motifs is 5. The quantitative estimate of drug-likeness (QED) is 0.193. The minimum Gasteiger partial charge on any atom is -1.00 e. The molecule has 3 heteroatoms. The smallest absolute Gasteiger partial charge is 1.00 e. The molecule has 4 aliphatic rings. The summed E-state index contributed by atoms with van der Waals surface area (Å²) in [6, 6.07) is 30.2. The maximum absolute atomic E-state index is 3.04. The number of allylic oxidation sites excluding steroid dienone is 8. The Hall–Kier alpha value is -2.83. The van der Waals surface area contributed by atoms with Crippen LogP contribution >= 0.6 is 0 Å². The van der Waals surface area contributed by atoms with Gasteiger partial charge >= 0.3 is 343 Å². The fourth-order valence-corrected chi connectivity index (χ4v) is 20.6. The van der Waals surface area contributed by atoms with Crippen LogP contribution in [0.2, 0.25) is 0 Å². The molecule has 0 saturated carbocycles. The van der Waals surface area contributed by atoms with E-state index in [0.717, 1.165) is 0 Å². The number of benzene rings is 4. The third kappa shape index (κ3) is 7.19. The van der Waals surface area contributed by atoms with Crippen molar-refractivity contribution in [1.82, 2.24) is 0 Å². The number of hydrogen-bond acceptors (Lipinski definition) is 0. The molecule has 4 aromatic carbocycles. The van der Waals surface area contributed by atoms with Gasteiger partial charge in [0, 0.05) is 0 Å². The molecule has 296 valence electrons. The van der Waals surface area contributed by atoms with Crippen LogP contribution in [0.1, 0.15) is 163 Å². The molecule has 0 spiro atoms. The molecule has 0 radical (unpaired) electrons. The average molecular weight is 873 g/mol. The van der Waals surface area contributed by atoms with Crippen LogP contribution in [-0.4, -0.2) is 3.21 Å². The van der Waals surface area contributed by atoms with E-state index in [1.807, 2.05) is 0 Å². The van der Waals surface area contributed by atoms with Crippen molar-refractivity contribution in [3.63, 3.8) is 0 Å². The summed E-state index contributed by atoms with van der Waals surface area (Å²) < 4.78 is 3.75. The van der Waals surface area contributed by atoms with Crippen molar-refractivity contribution >= 4 is 14.4 Å². The van der Waals surface area contributed by atoms with Crippen LogP contribution in [0.4, 0.5) is 0 Å². The van der Waals surface area contributed by atoms with E-state index < -0.39 is 21.3 Å². The summed E-state index contributed by atoms with van der Waals surface area (Å²) in [4.78, 5) is 0. The molecule has 0 aliphatic heterocycles. The number of halogens is 2. The van der Waals surface area contributed by atoms with E-state index in [9.17, 15) is 0 Å². The third-order valence-corrected chi connectivity index (χ3v) is 22.7. The van der Waals surface area contributed by atoms with Gasteiger partial charge in [0.05, 0.1) is 0 Å². The molecule has 0 bridgehead atoms. The minimum atomic E-state index is -3.04. The summed E-state index contributed by atoms with van der Waals surface area (Å²) in [5, 5.41) is 0. The van der Waals surface area contributed by atoms with Gasteiger partial charge in [-0.05, 0) is 0 Å². The van der Waals surface area contributed by atoms with Gasteiger partial charge in [0.1, 0.15) is 0 Å². The first-order valence-electron chi connectivity index (χ1n) is 20.7. The van der Waals surface area contributed by atoms with E-state index in [1.54, 1.807) is 23.2 Å². The van der Waals surface area contributed by atoms with E-state index in [2.05, 4.69) is 195 Å². The van der Waals surface area contributed by atoms with Gasteiger partial charge in [0.25, 0.3) is 0 Å². The van der Waals surface area contributed by atoms with Crippen molar-refractivity contribution in [3.05, 3.63) is 161 Å². The predicted molar refractivity (Wildman–Crippen MR) is 236 cm³/mol. The largest absolute Gasteiger partial charge is 1.00 e. The maximum atomic E-state index is 2.70. The Bertz CT molecular complexity index is 2320. The van der Waals surface area contributed by atoms with Gasteiger partial charge in [0.15, 0.2) is 0 Å². The van der Waals surface area contributed by atoms with Gasteiger partial charge in [-0.1, -0.05) is 0 Å². The van der Waals surface area contributed by atoms with E-state index in [4.69, 9.17) is 0 Å².